The first-order valence-electron chi connectivity index (χ1n) is 3.59. The van der Waals surface area contributed by atoms with E-state index in [0.717, 1.165) is 5.69 Å². The van der Waals surface area contributed by atoms with Crippen LogP contribution in [0.4, 0.5) is 5.69 Å². The van der Waals surface area contributed by atoms with Crippen molar-refractivity contribution in [2.75, 3.05) is 5.32 Å². The fourth-order valence-electron chi connectivity index (χ4n) is 0.850. The topological polar surface area (TPSA) is 37.8 Å². The molecule has 1 fully saturated rings. The zero-order valence-electron chi connectivity index (χ0n) is 5.92. The lowest BCUT2D eigenvalue weighted by Crippen LogP contribution is -2.01. The van der Waals surface area contributed by atoms with Crippen molar-refractivity contribution < 1.29 is 0 Å². The minimum atomic E-state index is 0.638. The maximum absolute atomic E-state index is 4.00. The molecule has 0 amide bonds. The fourth-order valence-corrected chi connectivity index (χ4v) is 1.05. The van der Waals surface area contributed by atoms with E-state index in [1.165, 1.54) is 12.8 Å². The molecule has 0 bridgehead atoms. The lowest BCUT2D eigenvalue weighted by atomic mass is 10.5. The Morgan fingerprint density at radius 3 is 2.55 bits per heavy atom. The van der Waals surface area contributed by atoms with E-state index >= 15 is 0 Å². The van der Waals surface area contributed by atoms with E-state index in [1.54, 1.807) is 12.4 Å². The molecule has 1 aliphatic carbocycles. The molecule has 0 saturated heterocycles. The predicted molar refractivity (Wildman–Crippen MR) is 46.4 cm³/mol. The third-order valence-corrected chi connectivity index (χ3v) is 1.98. The summed E-state index contributed by atoms with van der Waals surface area (Å²) in [4.78, 5) is 8.01. The van der Waals surface area contributed by atoms with Gasteiger partial charge in [-0.1, -0.05) is 0 Å². The van der Waals surface area contributed by atoms with E-state index in [2.05, 4.69) is 31.2 Å². The first kappa shape index (κ1) is 7.03. The lowest BCUT2D eigenvalue weighted by molar-refractivity contribution is 1.07. The van der Waals surface area contributed by atoms with Gasteiger partial charge in [0, 0.05) is 6.04 Å². The zero-order valence-corrected chi connectivity index (χ0v) is 7.50. The van der Waals surface area contributed by atoms with Crippen LogP contribution in [0.2, 0.25) is 0 Å². The van der Waals surface area contributed by atoms with Crippen LogP contribution in [0, 0.1) is 0 Å². The van der Waals surface area contributed by atoms with Crippen LogP contribution in [0.25, 0.3) is 0 Å². The monoisotopic (exact) mass is 213 g/mol. The first-order valence-corrected chi connectivity index (χ1v) is 4.38. The Bertz CT molecular complexity index is 242. The van der Waals surface area contributed by atoms with E-state index < -0.39 is 0 Å². The van der Waals surface area contributed by atoms with Gasteiger partial charge in [-0.3, -0.25) is 0 Å². The molecule has 0 spiro atoms. The molecule has 1 heterocycles. The summed E-state index contributed by atoms with van der Waals surface area (Å²) in [5.74, 6) is 0. The van der Waals surface area contributed by atoms with E-state index in [9.17, 15) is 0 Å². The number of halogens is 1. The van der Waals surface area contributed by atoms with Crippen LogP contribution in [-0.4, -0.2) is 16.0 Å². The smallest absolute Gasteiger partial charge is 0.196 e. The predicted octanol–water partition coefficient (Wildman–Crippen LogP) is 1.81. The van der Waals surface area contributed by atoms with Crippen LogP contribution in [0.15, 0.2) is 17.1 Å². The van der Waals surface area contributed by atoms with E-state index in [0.29, 0.717) is 10.8 Å². The van der Waals surface area contributed by atoms with Gasteiger partial charge in [-0.15, -0.1) is 0 Å². The number of rotatable bonds is 2. The normalized spacial score (nSPS) is 16.5. The average Bonchev–Trinajstić information content (AvgIpc) is 2.78. The van der Waals surface area contributed by atoms with Crippen LogP contribution in [0.3, 0.4) is 0 Å². The second-order valence-corrected chi connectivity index (χ2v) is 3.37. The molecule has 1 aromatic heterocycles. The third kappa shape index (κ3) is 1.89. The van der Waals surface area contributed by atoms with Gasteiger partial charge in [0.25, 0.3) is 0 Å². The molecule has 58 valence electrons. The minimum Gasteiger partial charge on any atom is -0.380 e. The number of anilines is 1. The quantitative estimate of drug-likeness (QED) is 0.763. The Morgan fingerprint density at radius 2 is 2.00 bits per heavy atom. The molecule has 0 aliphatic heterocycles. The molecule has 0 radical (unpaired) electrons. The van der Waals surface area contributed by atoms with Crippen molar-refractivity contribution in [3.8, 4) is 0 Å². The highest BCUT2D eigenvalue weighted by atomic mass is 79.9. The van der Waals surface area contributed by atoms with Crippen LogP contribution in [-0.2, 0) is 0 Å². The van der Waals surface area contributed by atoms with Gasteiger partial charge in [-0.25, -0.2) is 9.97 Å². The Hall–Kier alpha value is -0.640. The van der Waals surface area contributed by atoms with Crippen LogP contribution < -0.4 is 5.32 Å². The third-order valence-electron chi connectivity index (χ3n) is 1.57. The van der Waals surface area contributed by atoms with Gasteiger partial charge < -0.3 is 5.32 Å². The molecule has 4 heteroatoms. The molecule has 1 aliphatic rings. The SMILES string of the molecule is Brc1ncc(NC2CC2)cn1. The van der Waals surface area contributed by atoms with E-state index in [1.807, 2.05) is 0 Å². The highest BCUT2D eigenvalue weighted by Gasteiger charge is 2.20. The van der Waals surface area contributed by atoms with Gasteiger partial charge in [-0.05, 0) is 28.8 Å². The lowest BCUT2D eigenvalue weighted by Gasteiger charge is -2.01. The second kappa shape index (κ2) is 2.77. The summed E-state index contributed by atoms with van der Waals surface area (Å²) in [6, 6.07) is 0.666. The summed E-state index contributed by atoms with van der Waals surface area (Å²) in [5, 5.41) is 3.30. The second-order valence-electron chi connectivity index (χ2n) is 2.66. The summed E-state index contributed by atoms with van der Waals surface area (Å²) in [5.41, 5.74) is 1.01. The average molecular weight is 214 g/mol. The highest BCUT2D eigenvalue weighted by molar-refractivity contribution is 9.10. The largest absolute Gasteiger partial charge is 0.380 e. The maximum Gasteiger partial charge on any atom is 0.196 e. The maximum atomic E-state index is 4.00. The molecule has 1 N–H and O–H groups in total. The van der Waals surface area contributed by atoms with Crippen molar-refractivity contribution in [2.45, 2.75) is 18.9 Å². The summed E-state index contributed by atoms with van der Waals surface area (Å²) in [6.07, 6.45) is 6.12. The number of nitrogens with one attached hydrogen (secondary N) is 1. The van der Waals surface area contributed by atoms with Crippen molar-refractivity contribution in [1.82, 2.24) is 9.97 Å². The van der Waals surface area contributed by atoms with Crippen molar-refractivity contribution in [1.29, 1.82) is 0 Å². The molecule has 2 rings (SSSR count). The summed E-state index contributed by atoms with van der Waals surface area (Å²) >= 11 is 3.18. The molecule has 3 nitrogen and oxygen atoms in total. The number of hydrogen-bond acceptors (Lipinski definition) is 3. The van der Waals surface area contributed by atoms with Gasteiger partial charge in [0.2, 0.25) is 0 Å². The van der Waals surface area contributed by atoms with Gasteiger partial charge >= 0.3 is 0 Å². The molecule has 11 heavy (non-hydrogen) atoms. The fraction of sp³-hybridized carbons (Fsp3) is 0.429. The Labute approximate surface area is 73.4 Å². The van der Waals surface area contributed by atoms with Crippen molar-refractivity contribution in [3.63, 3.8) is 0 Å². The molecule has 0 unspecified atom stereocenters. The van der Waals surface area contributed by atoms with E-state index in [-0.39, 0.29) is 0 Å². The molecular weight excluding hydrogens is 206 g/mol. The van der Waals surface area contributed by atoms with Crippen molar-refractivity contribution >= 4 is 21.6 Å². The van der Waals surface area contributed by atoms with E-state index in [4.69, 9.17) is 0 Å². The molecule has 1 aromatic rings. The standard InChI is InChI=1S/C7H8BrN3/c8-7-9-3-6(4-10-7)11-5-1-2-5/h3-5,11H,1-2H2. The van der Waals surface area contributed by atoms with Crippen molar-refractivity contribution in [2.24, 2.45) is 0 Å². The van der Waals surface area contributed by atoms with Gasteiger partial charge in [0.15, 0.2) is 4.73 Å². The Balaban J connectivity index is 2.06. The molecule has 0 atom stereocenters. The van der Waals surface area contributed by atoms with Crippen LogP contribution in [0.1, 0.15) is 12.8 Å². The Kier molecular flexibility index (Phi) is 1.77. The first-order chi connectivity index (χ1) is 5.34. The Morgan fingerprint density at radius 1 is 1.36 bits per heavy atom. The summed E-state index contributed by atoms with van der Waals surface area (Å²) < 4.78 is 0.638. The number of hydrogen-bond donors (Lipinski definition) is 1. The van der Waals surface area contributed by atoms with Gasteiger partial charge in [-0.2, -0.15) is 0 Å². The van der Waals surface area contributed by atoms with Gasteiger partial charge in [0.05, 0.1) is 18.1 Å². The van der Waals surface area contributed by atoms with Gasteiger partial charge in [0.1, 0.15) is 0 Å². The summed E-state index contributed by atoms with van der Waals surface area (Å²) in [7, 11) is 0. The number of nitrogens with zero attached hydrogens (tertiary/aromatic N) is 2. The molecular formula is C7H8BrN3. The molecule has 0 aromatic carbocycles. The highest BCUT2D eigenvalue weighted by Crippen LogP contribution is 2.23. The summed E-state index contributed by atoms with van der Waals surface area (Å²) in [6.45, 7) is 0. The van der Waals surface area contributed by atoms with Crippen LogP contribution >= 0.6 is 15.9 Å². The van der Waals surface area contributed by atoms with Crippen LogP contribution in [0.5, 0.6) is 0 Å². The molecule has 1 saturated carbocycles. The minimum absolute atomic E-state index is 0.638. The zero-order chi connectivity index (χ0) is 7.68. The van der Waals surface area contributed by atoms with Crippen molar-refractivity contribution in [3.05, 3.63) is 17.1 Å². The number of aromatic nitrogens is 2.